The van der Waals surface area contributed by atoms with E-state index in [0.29, 0.717) is 12.3 Å². The van der Waals surface area contributed by atoms with E-state index in [2.05, 4.69) is 5.32 Å². The summed E-state index contributed by atoms with van der Waals surface area (Å²) in [7, 11) is -2.29. The summed E-state index contributed by atoms with van der Waals surface area (Å²) in [5, 5.41) is 2.70. The van der Waals surface area contributed by atoms with Gasteiger partial charge in [-0.15, -0.1) is 0 Å². The van der Waals surface area contributed by atoms with E-state index in [1.54, 1.807) is 32.0 Å². The quantitative estimate of drug-likeness (QED) is 0.473. The van der Waals surface area contributed by atoms with Crippen molar-refractivity contribution in [2.24, 2.45) is 0 Å². The van der Waals surface area contributed by atoms with Gasteiger partial charge < -0.3 is 15.0 Å². The average molecular weight is 512 g/mol. The molecule has 0 saturated carbocycles. The van der Waals surface area contributed by atoms with Gasteiger partial charge in [-0.05, 0) is 50.1 Å². The Labute approximate surface area is 204 Å². The van der Waals surface area contributed by atoms with Gasteiger partial charge in [-0.2, -0.15) is 0 Å². The molecule has 0 heterocycles. The number of anilines is 1. The molecule has 2 rings (SSSR count). The highest BCUT2D eigenvalue weighted by atomic mass is 32.2. The molecule has 192 valence electrons. The number of benzene rings is 2. The first-order valence-electron chi connectivity index (χ1n) is 11.1. The molecular weight excluding hydrogens is 480 g/mol. The van der Waals surface area contributed by atoms with Crippen LogP contribution in [0.15, 0.2) is 42.5 Å². The van der Waals surface area contributed by atoms with Crippen LogP contribution >= 0.6 is 0 Å². The number of sulfonamides is 1. The number of nitrogens with zero attached hydrogens (tertiary/aromatic N) is 2. The van der Waals surface area contributed by atoms with Crippen molar-refractivity contribution in [3.63, 3.8) is 0 Å². The second-order valence-corrected chi connectivity index (χ2v) is 9.89. The molecule has 35 heavy (non-hydrogen) atoms. The zero-order valence-corrected chi connectivity index (χ0v) is 21.1. The Kier molecular flexibility index (Phi) is 10.00. The zero-order valence-electron chi connectivity index (χ0n) is 20.3. The maximum Gasteiger partial charge on any atom is 0.242 e. The number of methoxy groups -OCH3 is 1. The van der Waals surface area contributed by atoms with E-state index in [9.17, 15) is 26.8 Å². The Morgan fingerprint density at radius 3 is 2.43 bits per heavy atom. The number of amides is 2. The van der Waals surface area contributed by atoms with Gasteiger partial charge in [0, 0.05) is 32.1 Å². The van der Waals surface area contributed by atoms with E-state index in [1.807, 2.05) is 6.07 Å². The molecule has 2 amide bonds. The second kappa shape index (κ2) is 12.5. The fourth-order valence-electron chi connectivity index (χ4n) is 3.52. The molecule has 11 heteroatoms. The van der Waals surface area contributed by atoms with E-state index in [0.717, 1.165) is 34.3 Å². The number of likely N-dealkylation sites (N-methyl/N-ethyl adjacent to an activating group) is 1. The van der Waals surface area contributed by atoms with Crippen LogP contribution in [0.1, 0.15) is 32.3 Å². The molecule has 1 atom stereocenters. The first kappa shape index (κ1) is 28.0. The van der Waals surface area contributed by atoms with Gasteiger partial charge in [0.2, 0.25) is 21.8 Å². The van der Waals surface area contributed by atoms with Crippen molar-refractivity contribution >= 4 is 27.5 Å². The molecule has 2 aromatic carbocycles. The highest BCUT2D eigenvalue weighted by Crippen LogP contribution is 2.22. The van der Waals surface area contributed by atoms with Crippen molar-refractivity contribution in [2.75, 3.05) is 30.8 Å². The predicted octanol–water partition coefficient (Wildman–Crippen LogP) is 3.07. The number of nitrogens with one attached hydrogen (secondary N) is 1. The summed E-state index contributed by atoms with van der Waals surface area (Å²) in [5.74, 6) is -2.33. The van der Waals surface area contributed by atoms with E-state index in [4.69, 9.17) is 4.74 Å². The number of carbonyl (C=O) groups is 2. The van der Waals surface area contributed by atoms with Gasteiger partial charge in [-0.25, -0.2) is 17.2 Å². The molecule has 0 spiro atoms. The van der Waals surface area contributed by atoms with E-state index in [-0.39, 0.29) is 43.4 Å². The lowest BCUT2D eigenvalue weighted by Crippen LogP contribution is -2.47. The SMILES string of the molecule is CCNC(=O)C(C)N(Cc1cccc(OC)c1)C(=O)CCCN(c1ccc(F)c(F)c1)S(C)(=O)=O. The van der Waals surface area contributed by atoms with Gasteiger partial charge in [0.1, 0.15) is 11.8 Å². The normalized spacial score (nSPS) is 12.1. The third-order valence-corrected chi connectivity index (χ3v) is 6.54. The van der Waals surface area contributed by atoms with Crippen molar-refractivity contribution in [3.8, 4) is 5.75 Å². The topological polar surface area (TPSA) is 96.0 Å². The first-order chi connectivity index (χ1) is 16.5. The van der Waals surface area contributed by atoms with Crippen molar-refractivity contribution in [1.82, 2.24) is 10.2 Å². The molecule has 1 unspecified atom stereocenters. The van der Waals surface area contributed by atoms with Gasteiger partial charge in [-0.3, -0.25) is 13.9 Å². The number of halogens is 2. The summed E-state index contributed by atoms with van der Waals surface area (Å²) >= 11 is 0. The first-order valence-corrected chi connectivity index (χ1v) is 13.0. The summed E-state index contributed by atoms with van der Waals surface area (Å²) in [6.45, 7) is 3.82. The van der Waals surface area contributed by atoms with Crippen LogP contribution in [0.25, 0.3) is 0 Å². The minimum Gasteiger partial charge on any atom is -0.497 e. The molecule has 2 aromatic rings. The van der Waals surface area contributed by atoms with Crippen LogP contribution < -0.4 is 14.4 Å². The van der Waals surface area contributed by atoms with Crippen LogP contribution in [0.5, 0.6) is 5.75 Å². The molecule has 1 N–H and O–H groups in total. The smallest absolute Gasteiger partial charge is 0.242 e. The van der Waals surface area contributed by atoms with Crippen molar-refractivity contribution in [2.45, 2.75) is 39.3 Å². The van der Waals surface area contributed by atoms with E-state index < -0.39 is 27.7 Å². The fourth-order valence-corrected chi connectivity index (χ4v) is 4.47. The van der Waals surface area contributed by atoms with Gasteiger partial charge >= 0.3 is 0 Å². The third-order valence-electron chi connectivity index (χ3n) is 5.35. The minimum absolute atomic E-state index is 0.0391. The highest BCUT2D eigenvalue weighted by molar-refractivity contribution is 7.92. The fraction of sp³-hybridized carbons (Fsp3) is 0.417. The summed E-state index contributed by atoms with van der Waals surface area (Å²) < 4.78 is 57.6. The number of carbonyl (C=O) groups excluding carboxylic acids is 2. The molecule has 0 aliphatic carbocycles. The molecule has 0 bridgehead atoms. The van der Waals surface area contributed by atoms with Crippen LogP contribution in [-0.2, 0) is 26.2 Å². The summed E-state index contributed by atoms with van der Waals surface area (Å²) in [6, 6.07) is 9.14. The maximum atomic E-state index is 13.7. The molecule has 0 aromatic heterocycles. The van der Waals surface area contributed by atoms with Crippen molar-refractivity contribution in [3.05, 3.63) is 59.7 Å². The molecule has 0 aliphatic heterocycles. The van der Waals surface area contributed by atoms with Gasteiger partial charge in [0.05, 0.1) is 19.1 Å². The lowest BCUT2D eigenvalue weighted by molar-refractivity contribution is -0.140. The van der Waals surface area contributed by atoms with Crippen LogP contribution in [0.4, 0.5) is 14.5 Å². The Balaban J connectivity index is 2.19. The maximum absolute atomic E-state index is 13.7. The Morgan fingerprint density at radius 1 is 1.11 bits per heavy atom. The molecule has 0 aliphatic rings. The molecule has 0 saturated heterocycles. The van der Waals surface area contributed by atoms with Crippen LogP contribution in [0.3, 0.4) is 0 Å². The number of hydrogen-bond acceptors (Lipinski definition) is 5. The van der Waals surface area contributed by atoms with E-state index >= 15 is 0 Å². The number of rotatable bonds is 12. The van der Waals surface area contributed by atoms with Crippen LogP contribution in [-0.4, -0.2) is 57.6 Å². The summed E-state index contributed by atoms with van der Waals surface area (Å²) in [6.07, 6.45) is 0.980. The molecule has 8 nitrogen and oxygen atoms in total. The molecular formula is C24H31F2N3O5S. The van der Waals surface area contributed by atoms with Gasteiger partial charge in [0.25, 0.3) is 0 Å². The van der Waals surface area contributed by atoms with Crippen molar-refractivity contribution < 1.29 is 31.5 Å². The third kappa shape index (κ3) is 7.91. The summed E-state index contributed by atoms with van der Waals surface area (Å²) in [4.78, 5) is 27.1. The molecule has 0 fully saturated rings. The summed E-state index contributed by atoms with van der Waals surface area (Å²) in [5.41, 5.74) is 0.719. The average Bonchev–Trinajstić information content (AvgIpc) is 2.81. The van der Waals surface area contributed by atoms with Crippen LogP contribution in [0, 0.1) is 11.6 Å². The number of ether oxygens (including phenoxy) is 1. The largest absolute Gasteiger partial charge is 0.497 e. The predicted molar refractivity (Wildman–Crippen MR) is 129 cm³/mol. The zero-order chi connectivity index (χ0) is 26.2. The lowest BCUT2D eigenvalue weighted by atomic mass is 10.1. The Bertz CT molecular complexity index is 1140. The standard InChI is InChI=1S/C24H31F2N3O5S/c1-5-27-24(31)17(2)28(16-18-8-6-9-20(14-18)34-3)23(30)10-7-13-29(35(4,32)33)19-11-12-21(25)22(26)15-19/h6,8-9,11-12,14-15,17H,5,7,10,13,16H2,1-4H3,(H,27,31). The Morgan fingerprint density at radius 2 is 1.83 bits per heavy atom. The van der Waals surface area contributed by atoms with Crippen LogP contribution in [0.2, 0.25) is 0 Å². The van der Waals surface area contributed by atoms with Gasteiger partial charge in [-0.1, -0.05) is 12.1 Å². The highest BCUT2D eigenvalue weighted by Gasteiger charge is 2.26. The minimum atomic E-state index is -3.82. The Hall–Kier alpha value is -3.21. The van der Waals surface area contributed by atoms with Gasteiger partial charge in [0.15, 0.2) is 11.6 Å². The monoisotopic (exact) mass is 511 g/mol. The number of hydrogen-bond donors (Lipinski definition) is 1. The van der Waals surface area contributed by atoms with E-state index in [1.165, 1.54) is 12.0 Å². The molecule has 0 radical (unpaired) electrons. The van der Waals surface area contributed by atoms with Crippen molar-refractivity contribution in [1.29, 1.82) is 0 Å². The lowest BCUT2D eigenvalue weighted by Gasteiger charge is -2.29. The second-order valence-electron chi connectivity index (χ2n) is 7.98.